The first kappa shape index (κ1) is 29.6. The molecule has 2 aromatic heterocycles. The van der Waals surface area contributed by atoms with Gasteiger partial charge in [0, 0.05) is 66.5 Å². The van der Waals surface area contributed by atoms with Gasteiger partial charge in [0.2, 0.25) is 0 Å². The first-order valence-electron chi connectivity index (χ1n) is 15.4. The summed E-state index contributed by atoms with van der Waals surface area (Å²) in [6, 6.07) is 21.5. The van der Waals surface area contributed by atoms with E-state index in [0.29, 0.717) is 0 Å². The standard InChI is InChI=1S/C35H45N5O2/c1-35(2,3)42-34(41)40-23-21-39(22-24-40)20-7-6-11-30-25-31(18-19-36-30)38-29-16-14-27(15-17-29)9-8-10-28-26-37-33-13-5-4-12-32(28)33/h4-5,12-19,25-26,37H,6-11,20-24H2,1-3H3,(H,36,38). The molecule has 0 radical (unpaired) electrons. The SMILES string of the molecule is CC(C)(C)OC(=O)N1CCN(CCCCc2cc(Nc3ccc(CCCc4c[nH]c5ccccc45)cc3)ccn2)CC1. The summed E-state index contributed by atoms with van der Waals surface area (Å²) >= 11 is 0. The molecule has 42 heavy (non-hydrogen) atoms. The second kappa shape index (κ2) is 13.9. The molecule has 0 saturated carbocycles. The Kier molecular flexibility index (Phi) is 9.80. The second-order valence-electron chi connectivity index (χ2n) is 12.3. The number of amides is 1. The number of carbonyl (C=O) groups excluding carboxylic acids is 1. The van der Waals surface area contributed by atoms with E-state index in [0.717, 1.165) is 88.3 Å². The van der Waals surface area contributed by atoms with Crippen LogP contribution in [-0.2, 0) is 24.0 Å². The summed E-state index contributed by atoms with van der Waals surface area (Å²) in [5.41, 5.74) is 6.82. The fraction of sp³-hybridized carbons (Fsp3) is 0.429. The van der Waals surface area contributed by atoms with Crippen molar-refractivity contribution in [3.8, 4) is 0 Å². The number of para-hydroxylation sites is 1. The van der Waals surface area contributed by atoms with Crippen LogP contribution in [0.25, 0.3) is 10.9 Å². The van der Waals surface area contributed by atoms with Crippen molar-refractivity contribution >= 4 is 28.4 Å². The Labute approximate surface area is 250 Å². The molecule has 3 heterocycles. The highest BCUT2D eigenvalue weighted by molar-refractivity contribution is 5.83. The second-order valence-corrected chi connectivity index (χ2v) is 12.3. The van der Waals surface area contributed by atoms with Crippen molar-refractivity contribution in [2.24, 2.45) is 0 Å². The lowest BCUT2D eigenvalue weighted by Crippen LogP contribution is -2.50. The number of ether oxygens (including phenoxy) is 1. The third-order valence-corrected chi connectivity index (χ3v) is 7.83. The van der Waals surface area contributed by atoms with Crippen LogP contribution in [0.4, 0.5) is 16.2 Å². The van der Waals surface area contributed by atoms with Crippen LogP contribution < -0.4 is 5.32 Å². The number of aryl methyl sites for hydroxylation is 3. The third kappa shape index (κ3) is 8.58. The lowest BCUT2D eigenvalue weighted by Gasteiger charge is -2.35. The van der Waals surface area contributed by atoms with Crippen molar-refractivity contribution in [1.82, 2.24) is 19.8 Å². The summed E-state index contributed by atoms with van der Waals surface area (Å²) in [6.07, 6.45) is 10.3. The van der Waals surface area contributed by atoms with Gasteiger partial charge in [0.25, 0.3) is 0 Å². The fourth-order valence-corrected chi connectivity index (χ4v) is 5.56. The van der Waals surface area contributed by atoms with Crippen LogP contribution in [-0.4, -0.2) is 64.2 Å². The fourth-order valence-electron chi connectivity index (χ4n) is 5.56. The number of carbonyl (C=O) groups is 1. The molecular weight excluding hydrogens is 522 g/mol. The lowest BCUT2D eigenvalue weighted by molar-refractivity contribution is 0.0144. The van der Waals surface area contributed by atoms with Crippen LogP contribution in [0, 0.1) is 0 Å². The van der Waals surface area contributed by atoms with E-state index < -0.39 is 5.60 Å². The molecule has 0 bridgehead atoms. The van der Waals surface area contributed by atoms with Gasteiger partial charge in [-0.15, -0.1) is 0 Å². The number of anilines is 2. The number of benzene rings is 2. The minimum Gasteiger partial charge on any atom is -0.444 e. The molecular formula is C35H45N5O2. The highest BCUT2D eigenvalue weighted by atomic mass is 16.6. The largest absolute Gasteiger partial charge is 0.444 e. The van der Waals surface area contributed by atoms with Crippen molar-refractivity contribution in [2.75, 3.05) is 38.0 Å². The van der Waals surface area contributed by atoms with E-state index in [-0.39, 0.29) is 6.09 Å². The van der Waals surface area contributed by atoms with E-state index in [2.05, 4.69) is 81.0 Å². The van der Waals surface area contributed by atoms with Crippen molar-refractivity contribution < 1.29 is 9.53 Å². The minimum absolute atomic E-state index is 0.199. The molecule has 5 rings (SSSR count). The van der Waals surface area contributed by atoms with E-state index in [9.17, 15) is 4.79 Å². The number of fused-ring (bicyclic) bond motifs is 1. The quantitative estimate of drug-likeness (QED) is 0.185. The summed E-state index contributed by atoms with van der Waals surface area (Å²) < 4.78 is 5.50. The number of hydrogen-bond acceptors (Lipinski definition) is 5. The number of rotatable bonds is 11. The number of hydrogen-bond donors (Lipinski definition) is 2. The van der Waals surface area contributed by atoms with Gasteiger partial charge >= 0.3 is 6.09 Å². The Morgan fingerprint density at radius 2 is 1.69 bits per heavy atom. The Balaban J connectivity index is 1.00. The molecule has 1 aliphatic heterocycles. The molecule has 2 N–H and O–H groups in total. The summed E-state index contributed by atoms with van der Waals surface area (Å²) in [5, 5.41) is 4.88. The van der Waals surface area contributed by atoms with Crippen LogP contribution in [0.1, 0.15) is 56.9 Å². The van der Waals surface area contributed by atoms with Crippen molar-refractivity contribution in [3.05, 3.63) is 89.9 Å². The van der Waals surface area contributed by atoms with E-state index in [1.165, 1.54) is 22.0 Å². The third-order valence-electron chi connectivity index (χ3n) is 7.83. The Morgan fingerprint density at radius 3 is 2.48 bits per heavy atom. The maximum absolute atomic E-state index is 12.3. The average Bonchev–Trinajstić information content (AvgIpc) is 3.39. The van der Waals surface area contributed by atoms with Gasteiger partial charge in [-0.2, -0.15) is 0 Å². The average molecular weight is 568 g/mol. The maximum atomic E-state index is 12.3. The van der Waals surface area contributed by atoms with E-state index in [4.69, 9.17) is 4.74 Å². The van der Waals surface area contributed by atoms with Crippen LogP contribution in [0.5, 0.6) is 0 Å². The summed E-state index contributed by atoms with van der Waals surface area (Å²) in [7, 11) is 0. The molecule has 1 amide bonds. The maximum Gasteiger partial charge on any atom is 0.410 e. The number of unbranched alkanes of at least 4 members (excludes halogenated alkanes) is 1. The number of nitrogens with one attached hydrogen (secondary N) is 2. The molecule has 0 spiro atoms. The molecule has 2 aromatic carbocycles. The van der Waals surface area contributed by atoms with Gasteiger partial charge in [0.15, 0.2) is 0 Å². The number of nitrogens with zero attached hydrogens (tertiary/aromatic N) is 3. The zero-order chi connectivity index (χ0) is 29.4. The molecule has 1 aliphatic rings. The van der Waals surface area contributed by atoms with Gasteiger partial charge in [-0.25, -0.2) is 4.79 Å². The molecule has 1 saturated heterocycles. The Bertz CT molecular complexity index is 1430. The highest BCUT2D eigenvalue weighted by Gasteiger charge is 2.25. The van der Waals surface area contributed by atoms with Crippen molar-refractivity contribution in [1.29, 1.82) is 0 Å². The smallest absolute Gasteiger partial charge is 0.410 e. The molecule has 0 atom stereocenters. The van der Waals surface area contributed by atoms with Gasteiger partial charge in [0.05, 0.1) is 0 Å². The zero-order valence-corrected chi connectivity index (χ0v) is 25.4. The van der Waals surface area contributed by atoms with Crippen molar-refractivity contribution in [2.45, 2.75) is 64.9 Å². The molecule has 222 valence electrons. The van der Waals surface area contributed by atoms with Gasteiger partial charge in [0.1, 0.15) is 5.60 Å². The molecule has 1 fully saturated rings. The number of aromatic nitrogens is 2. The molecule has 7 nitrogen and oxygen atoms in total. The number of pyridine rings is 1. The predicted octanol–water partition coefficient (Wildman–Crippen LogP) is 7.36. The number of H-pyrrole nitrogens is 1. The Morgan fingerprint density at radius 1 is 0.905 bits per heavy atom. The first-order chi connectivity index (χ1) is 20.3. The monoisotopic (exact) mass is 567 g/mol. The molecule has 7 heteroatoms. The summed E-state index contributed by atoms with van der Waals surface area (Å²) in [5.74, 6) is 0. The van der Waals surface area contributed by atoms with Gasteiger partial charge in [-0.3, -0.25) is 9.88 Å². The van der Waals surface area contributed by atoms with Crippen LogP contribution >= 0.6 is 0 Å². The van der Waals surface area contributed by atoms with E-state index in [1.54, 1.807) is 0 Å². The topological polar surface area (TPSA) is 73.5 Å². The molecule has 0 aliphatic carbocycles. The van der Waals surface area contributed by atoms with E-state index >= 15 is 0 Å². The van der Waals surface area contributed by atoms with Crippen LogP contribution in [0.15, 0.2) is 73.1 Å². The van der Waals surface area contributed by atoms with Crippen LogP contribution in [0.2, 0.25) is 0 Å². The Hall–Kier alpha value is -3.84. The first-order valence-corrected chi connectivity index (χ1v) is 15.4. The number of piperazine rings is 1. The summed E-state index contributed by atoms with van der Waals surface area (Å²) in [6.45, 7) is 10.1. The predicted molar refractivity (Wildman–Crippen MR) is 171 cm³/mol. The lowest BCUT2D eigenvalue weighted by atomic mass is 10.0. The van der Waals surface area contributed by atoms with Crippen molar-refractivity contribution in [3.63, 3.8) is 0 Å². The highest BCUT2D eigenvalue weighted by Crippen LogP contribution is 2.22. The van der Waals surface area contributed by atoms with Crippen LogP contribution in [0.3, 0.4) is 0 Å². The minimum atomic E-state index is -0.445. The van der Waals surface area contributed by atoms with Gasteiger partial charge in [-0.05, 0) is 107 Å². The summed E-state index contributed by atoms with van der Waals surface area (Å²) in [4.78, 5) is 24.5. The van der Waals surface area contributed by atoms with E-state index in [1.807, 2.05) is 37.9 Å². The number of aromatic amines is 1. The zero-order valence-electron chi connectivity index (χ0n) is 25.4. The normalized spacial score (nSPS) is 14.3. The molecule has 0 unspecified atom stereocenters. The van der Waals surface area contributed by atoms with Gasteiger partial charge < -0.3 is 19.9 Å². The van der Waals surface area contributed by atoms with Gasteiger partial charge in [-0.1, -0.05) is 30.3 Å². The molecule has 4 aromatic rings.